The SMILES string of the molecule is Cc1noc(C)c1N(c1ccccc1)S(=O)[O-]. The molecule has 0 saturated carbocycles. The topological polar surface area (TPSA) is 69.4 Å². The molecule has 0 fully saturated rings. The Hall–Kier alpha value is -1.66. The van der Waals surface area contributed by atoms with Crippen LogP contribution >= 0.6 is 0 Å². The molecule has 0 amide bonds. The highest BCUT2D eigenvalue weighted by atomic mass is 32.2. The number of para-hydroxylation sites is 1. The number of aryl methyl sites for hydroxylation is 2. The van der Waals surface area contributed by atoms with Crippen molar-refractivity contribution in [1.29, 1.82) is 0 Å². The Morgan fingerprint density at radius 1 is 1.29 bits per heavy atom. The van der Waals surface area contributed by atoms with Gasteiger partial charge in [0.1, 0.15) is 11.4 Å². The number of benzene rings is 1. The van der Waals surface area contributed by atoms with Crippen LogP contribution in [0.3, 0.4) is 0 Å². The van der Waals surface area contributed by atoms with Crippen LogP contribution in [0.15, 0.2) is 34.9 Å². The van der Waals surface area contributed by atoms with E-state index >= 15 is 0 Å². The van der Waals surface area contributed by atoms with Gasteiger partial charge in [0, 0.05) is 0 Å². The third-order valence-electron chi connectivity index (χ3n) is 2.34. The summed E-state index contributed by atoms with van der Waals surface area (Å²) in [5.41, 5.74) is 1.55. The predicted octanol–water partition coefficient (Wildman–Crippen LogP) is 2.22. The lowest BCUT2D eigenvalue weighted by Gasteiger charge is -2.25. The van der Waals surface area contributed by atoms with E-state index in [1.807, 2.05) is 6.07 Å². The number of hydrogen-bond acceptors (Lipinski definition) is 4. The second-order valence-corrected chi connectivity index (χ2v) is 4.32. The van der Waals surface area contributed by atoms with Crippen LogP contribution in [0.1, 0.15) is 11.5 Å². The van der Waals surface area contributed by atoms with Crippen LogP contribution in [0.2, 0.25) is 0 Å². The van der Waals surface area contributed by atoms with Gasteiger partial charge in [0.2, 0.25) is 0 Å². The van der Waals surface area contributed by atoms with E-state index in [2.05, 4.69) is 5.16 Å². The first-order valence-corrected chi connectivity index (χ1v) is 6.02. The molecule has 90 valence electrons. The molecule has 1 aromatic carbocycles. The van der Waals surface area contributed by atoms with Crippen LogP contribution in [0.5, 0.6) is 0 Å². The predicted molar refractivity (Wildman–Crippen MR) is 63.5 cm³/mol. The van der Waals surface area contributed by atoms with Crippen molar-refractivity contribution < 1.29 is 13.3 Å². The van der Waals surface area contributed by atoms with Gasteiger partial charge in [-0.2, -0.15) is 0 Å². The first-order chi connectivity index (χ1) is 8.11. The van der Waals surface area contributed by atoms with Crippen molar-refractivity contribution in [3.05, 3.63) is 41.8 Å². The van der Waals surface area contributed by atoms with E-state index < -0.39 is 11.3 Å². The van der Waals surface area contributed by atoms with Crippen LogP contribution in [-0.4, -0.2) is 13.9 Å². The highest BCUT2D eigenvalue weighted by molar-refractivity contribution is 7.81. The zero-order valence-corrected chi connectivity index (χ0v) is 10.2. The Balaban J connectivity index is 2.55. The largest absolute Gasteiger partial charge is 0.755 e. The second-order valence-electron chi connectivity index (χ2n) is 3.52. The molecule has 0 bridgehead atoms. The van der Waals surface area contributed by atoms with Gasteiger partial charge in [0.05, 0.1) is 17.0 Å². The molecule has 2 rings (SSSR count). The van der Waals surface area contributed by atoms with E-state index in [0.717, 1.165) is 0 Å². The summed E-state index contributed by atoms with van der Waals surface area (Å²) in [6.07, 6.45) is 0. The molecule has 1 aromatic heterocycles. The van der Waals surface area contributed by atoms with Crippen LogP contribution in [-0.2, 0) is 11.3 Å². The molecule has 0 radical (unpaired) electrons. The standard InChI is InChI=1S/C11H12N2O3S/c1-8-11(9(2)16-12-8)13(17(14)15)10-6-4-3-5-7-10/h3-7H,1-2H3,(H,14,15)/p-1. The zero-order valence-electron chi connectivity index (χ0n) is 9.41. The van der Waals surface area contributed by atoms with Gasteiger partial charge >= 0.3 is 0 Å². The maximum atomic E-state index is 11.4. The van der Waals surface area contributed by atoms with E-state index in [4.69, 9.17) is 4.52 Å². The van der Waals surface area contributed by atoms with Gasteiger partial charge in [-0.25, -0.2) is 0 Å². The molecular formula is C11H11N2O3S-. The fourth-order valence-electron chi connectivity index (χ4n) is 1.62. The summed E-state index contributed by atoms with van der Waals surface area (Å²) in [6.45, 7) is 3.38. The van der Waals surface area contributed by atoms with Crippen molar-refractivity contribution >= 4 is 22.6 Å². The molecule has 1 unspecified atom stereocenters. The van der Waals surface area contributed by atoms with Crippen molar-refractivity contribution in [2.45, 2.75) is 13.8 Å². The molecule has 0 aliphatic carbocycles. The lowest BCUT2D eigenvalue weighted by Crippen LogP contribution is -2.20. The molecule has 17 heavy (non-hydrogen) atoms. The Kier molecular flexibility index (Phi) is 3.26. The maximum absolute atomic E-state index is 11.4. The van der Waals surface area contributed by atoms with Gasteiger partial charge in [-0.05, 0) is 26.0 Å². The maximum Gasteiger partial charge on any atom is 0.158 e. The number of aromatic nitrogens is 1. The zero-order chi connectivity index (χ0) is 12.4. The summed E-state index contributed by atoms with van der Waals surface area (Å²) >= 11 is -2.42. The first-order valence-electron chi connectivity index (χ1n) is 4.98. The number of rotatable bonds is 3. The third kappa shape index (κ3) is 2.22. The van der Waals surface area contributed by atoms with Gasteiger partial charge in [0.25, 0.3) is 0 Å². The van der Waals surface area contributed by atoms with Crippen molar-refractivity contribution in [3.63, 3.8) is 0 Å². The normalized spacial score (nSPS) is 12.4. The summed E-state index contributed by atoms with van der Waals surface area (Å²) in [5, 5.41) is 3.75. The fourth-order valence-corrected chi connectivity index (χ4v) is 2.32. The van der Waals surface area contributed by atoms with E-state index in [1.165, 1.54) is 4.31 Å². The minimum atomic E-state index is -2.42. The molecule has 2 aromatic rings. The Morgan fingerprint density at radius 2 is 1.94 bits per heavy atom. The molecule has 0 saturated heterocycles. The summed E-state index contributed by atoms with van der Waals surface area (Å²) in [6, 6.07) is 8.78. The summed E-state index contributed by atoms with van der Waals surface area (Å²) in [4.78, 5) is 0. The quantitative estimate of drug-likeness (QED) is 0.784. The minimum Gasteiger partial charge on any atom is -0.755 e. The third-order valence-corrected chi connectivity index (χ3v) is 3.03. The average molecular weight is 251 g/mol. The van der Waals surface area contributed by atoms with E-state index in [9.17, 15) is 8.76 Å². The lowest BCUT2D eigenvalue weighted by molar-refractivity contribution is 0.393. The van der Waals surface area contributed by atoms with Gasteiger partial charge in [0.15, 0.2) is 5.76 Å². The van der Waals surface area contributed by atoms with Crippen molar-refractivity contribution in [1.82, 2.24) is 5.16 Å². The highest BCUT2D eigenvalue weighted by Crippen LogP contribution is 2.31. The monoisotopic (exact) mass is 251 g/mol. The van der Waals surface area contributed by atoms with Crippen molar-refractivity contribution in [2.75, 3.05) is 4.31 Å². The number of hydrogen-bond donors (Lipinski definition) is 0. The fraction of sp³-hybridized carbons (Fsp3) is 0.182. The summed E-state index contributed by atoms with van der Waals surface area (Å²) in [7, 11) is 0. The molecule has 5 nitrogen and oxygen atoms in total. The summed E-state index contributed by atoms with van der Waals surface area (Å²) < 4.78 is 28.9. The van der Waals surface area contributed by atoms with Crippen LogP contribution in [0, 0.1) is 13.8 Å². The Bertz CT molecular complexity index is 519. The molecule has 0 aliphatic heterocycles. The molecule has 6 heteroatoms. The van der Waals surface area contributed by atoms with Crippen LogP contribution in [0.4, 0.5) is 11.4 Å². The van der Waals surface area contributed by atoms with Gasteiger partial charge in [-0.15, -0.1) is 0 Å². The number of nitrogens with zero attached hydrogens (tertiary/aromatic N) is 2. The van der Waals surface area contributed by atoms with Crippen molar-refractivity contribution in [2.24, 2.45) is 0 Å². The van der Waals surface area contributed by atoms with E-state index in [1.54, 1.807) is 38.1 Å². The molecule has 1 atom stereocenters. The highest BCUT2D eigenvalue weighted by Gasteiger charge is 2.19. The van der Waals surface area contributed by atoms with Gasteiger partial charge in [-0.3, -0.25) is 8.51 Å². The van der Waals surface area contributed by atoms with E-state index in [0.29, 0.717) is 22.8 Å². The smallest absolute Gasteiger partial charge is 0.158 e. The minimum absolute atomic E-state index is 0.463. The second kappa shape index (κ2) is 4.68. The van der Waals surface area contributed by atoms with Crippen LogP contribution in [0.25, 0.3) is 0 Å². The van der Waals surface area contributed by atoms with Crippen molar-refractivity contribution in [3.8, 4) is 0 Å². The first kappa shape index (κ1) is 11.8. The Labute approximate surface area is 101 Å². The van der Waals surface area contributed by atoms with Crippen LogP contribution < -0.4 is 4.31 Å². The number of anilines is 2. The molecule has 0 spiro atoms. The summed E-state index contributed by atoms with van der Waals surface area (Å²) in [5.74, 6) is 0.468. The van der Waals surface area contributed by atoms with E-state index in [-0.39, 0.29) is 0 Å². The van der Waals surface area contributed by atoms with Gasteiger partial charge < -0.3 is 9.08 Å². The Morgan fingerprint density at radius 3 is 2.41 bits per heavy atom. The molecule has 0 N–H and O–H groups in total. The van der Waals surface area contributed by atoms with Gasteiger partial charge in [-0.1, -0.05) is 23.4 Å². The molecule has 1 heterocycles. The molecular weight excluding hydrogens is 240 g/mol. The molecule has 0 aliphatic rings. The average Bonchev–Trinajstić information content (AvgIpc) is 2.62. The lowest BCUT2D eigenvalue weighted by atomic mass is 10.2.